The van der Waals surface area contributed by atoms with Crippen molar-refractivity contribution in [2.45, 2.75) is 13.3 Å². The van der Waals surface area contributed by atoms with Crippen LogP contribution >= 0.6 is 0 Å². The number of nitrogens with zero attached hydrogens (tertiary/aromatic N) is 3. The van der Waals surface area contributed by atoms with Gasteiger partial charge in [-0.15, -0.1) is 0 Å². The lowest BCUT2D eigenvalue weighted by Gasteiger charge is -2.20. The smallest absolute Gasteiger partial charge is 0.273 e. The third-order valence-corrected chi connectivity index (χ3v) is 4.38. The van der Waals surface area contributed by atoms with Crippen LogP contribution < -0.4 is 10.4 Å². The Hall–Kier alpha value is -3.21. The van der Waals surface area contributed by atoms with E-state index < -0.39 is 0 Å². The molecular weight excluding hydrogens is 312 g/mol. The largest absolute Gasteiger partial charge is 0.285 e. The molecule has 0 atom stereocenters. The van der Waals surface area contributed by atoms with Crippen LogP contribution in [0.3, 0.4) is 0 Å². The molecule has 0 saturated carbocycles. The minimum atomic E-state index is -0.186. The van der Waals surface area contributed by atoms with Crippen molar-refractivity contribution in [3.63, 3.8) is 0 Å². The van der Waals surface area contributed by atoms with Gasteiger partial charge in [0, 0.05) is 18.3 Å². The molecule has 2 aromatic carbocycles. The molecule has 25 heavy (non-hydrogen) atoms. The lowest BCUT2D eigenvalue weighted by molar-refractivity contribution is 0.0948. The SMILES string of the molecule is Cc1nc(-c2ccccc2)ncc1C(=O)NN1CCc2ccccc21. The van der Waals surface area contributed by atoms with E-state index in [-0.39, 0.29) is 5.91 Å². The maximum atomic E-state index is 12.6. The number of amides is 1. The molecule has 1 aliphatic heterocycles. The van der Waals surface area contributed by atoms with Crippen LogP contribution in [0.4, 0.5) is 5.69 Å². The Morgan fingerprint density at radius 2 is 1.84 bits per heavy atom. The van der Waals surface area contributed by atoms with E-state index in [1.807, 2.05) is 60.5 Å². The summed E-state index contributed by atoms with van der Waals surface area (Å²) in [6.07, 6.45) is 2.53. The fourth-order valence-electron chi connectivity index (χ4n) is 3.05. The maximum Gasteiger partial charge on any atom is 0.273 e. The van der Waals surface area contributed by atoms with Gasteiger partial charge in [0.05, 0.1) is 16.9 Å². The zero-order valence-electron chi connectivity index (χ0n) is 13.9. The van der Waals surface area contributed by atoms with E-state index >= 15 is 0 Å². The normalized spacial score (nSPS) is 12.8. The Labute approximate surface area is 146 Å². The van der Waals surface area contributed by atoms with Gasteiger partial charge in [-0.1, -0.05) is 48.5 Å². The topological polar surface area (TPSA) is 58.1 Å². The van der Waals surface area contributed by atoms with Crippen molar-refractivity contribution in [1.29, 1.82) is 0 Å². The van der Waals surface area contributed by atoms with Crippen LogP contribution in [-0.2, 0) is 6.42 Å². The van der Waals surface area contributed by atoms with Gasteiger partial charge in [-0.25, -0.2) is 9.97 Å². The van der Waals surface area contributed by atoms with Gasteiger partial charge in [0.2, 0.25) is 0 Å². The first kappa shape index (κ1) is 15.3. The van der Waals surface area contributed by atoms with Crippen LogP contribution in [0, 0.1) is 6.92 Å². The molecule has 0 saturated heterocycles. The Balaban J connectivity index is 1.55. The number of carbonyl (C=O) groups is 1. The quantitative estimate of drug-likeness (QED) is 0.801. The van der Waals surface area contributed by atoms with E-state index in [0.717, 1.165) is 24.2 Å². The molecule has 2 heterocycles. The molecule has 4 rings (SSSR count). The summed E-state index contributed by atoms with van der Waals surface area (Å²) >= 11 is 0. The van der Waals surface area contributed by atoms with Crippen LogP contribution in [0.15, 0.2) is 60.8 Å². The predicted octanol–water partition coefficient (Wildman–Crippen LogP) is 3.16. The van der Waals surface area contributed by atoms with E-state index in [9.17, 15) is 4.79 Å². The van der Waals surface area contributed by atoms with E-state index in [4.69, 9.17) is 0 Å². The number of fused-ring (bicyclic) bond motifs is 1. The molecule has 0 unspecified atom stereocenters. The molecule has 124 valence electrons. The van der Waals surface area contributed by atoms with E-state index in [1.165, 1.54) is 5.56 Å². The number of para-hydroxylation sites is 1. The number of rotatable bonds is 3. The lowest BCUT2D eigenvalue weighted by Crippen LogP contribution is -2.41. The first-order chi connectivity index (χ1) is 12.2. The van der Waals surface area contributed by atoms with E-state index in [1.54, 1.807) is 6.20 Å². The first-order valence-corrected chi connectivity index (χ1v) is 8.28. The van der Waals surface area contributed by atoms with Crippen LogP contribution in [0.5, 0.6) is 0 Å². The highest BCUT2D eigenvalue weighted by Crippen LogP contribution is 2.26. The third kappa shape index (κ3) is 2.96. The second-order valence-corrected chi connectivity index (χ2v) is 6.03. The predicted molar refractivity (Wildman–Crippen MR) is 97.2 cm³/mol. The average molecular weight is 330 g/mol. The molecule has 1 aliphatic rings. The number of benzene rings is 2. The second kappa shape index (κ2) is 6.36. The van der Waals surface area contributed by atoms with Gasteiger partial charge in [-0.05, 0) is 25.0 Å². The van der Waals surface area contributed by atoms with Crippen molar-refractivity contribution < 1.29 is 4.79 Å². The molecule has 5 nitrogen and oxygen atoms in total. The van der Waals surface area contributed by atoms with Crippen LogP contribution in [0.25, 0.3) is 11.4 Å². The van der Waals surface area contributed by atoms with Gasteiger partial charge in [0.25, 0.3) is 5.91 Å². The highest BCUT2D eigenvalue weighted by Gasteiger charge is 2.21. The zero-order chi connectivity index (χ0) is 17.2. The zero-order valence-corrected chi connectivity index (χ0v) is 13.9. The molecule has 1 aromatic heterocycles. The van der Waals surface area contributed by atoms with Crippen LogP contribution in [-0.4, -0.2) is 22.4 Å². The van der Waals surface area contributed by atoms with Gasteiger partial charge < -0.3 is 0 Å². The van der Waals surface area contributed by atoms with Gasteiger partial charge >= 0.3 is 0 Å². The number of hydrogen-bond donors (Lipinski definition) is 1. The number of hydrogen-bond acceptors (Lipinski definition) is 4. The molecular formula is C20H18N4O. The van der Waals surface area contributed by atoms with Crippen LogP contribution in [0.2, 0.25) is 0 Å². The van der Waals surface area contributed by atoms with Crippen molar-refractivity contribution in [2.24, 2.45) is 0 Å². The Morgan fingerprint density at radius 3 is 2.64 bits per heavy atom. The van der Waals surface area contributed by atoms with E-state index in [0.29, 0.717) is 17.1 Å². The Morgan fingerprint density at radius 1 is 1.08 bits per heavy atom. The molecule has 1 N–H and O–H groups in total. The number of carbonyl (C=O) groups excluding carboxylic acids is 1. The number of aromatic nitrogens is 2. The van der Waals surface area contributed by atoms with Crippen molar-refractivity contribution in [3.05, 3.63) is 77.6 Å². The molecule has 0 radical (unpaired) electrons. The molecule has 5 heteroatoms. The summed E-state index contributed by atoms with van der Waals surface area (Å²) in [5.41, 5.74) is 7.35. The van der Waals surface area contributed by atoms with Gasteiger partial charge in [0.15, 0.2) is 5.82 Å². The minimum Gasteiger partial charge on any atom is -0.285 e. The maximum absolute atomic E-state index is 12.6. The Bertz CT molecular complexity index is 924. The highest BCUT2D eigenvalue weighted by atomic mass is 16.2. The average Bonchev–Trinajstić information content (AvgIpc) is 3.05. The molecule has 0 bridgehead atoms. The second-order valence-electron chi connectivity index (χ2n) is 6.03. The summed E-state index contributed by atoms with van der Waals surface area (Å²) in [6, 6.07) is 17.8. The molecule has 1 amide bonds. The fraction of sp³-hybridized carbons (Fsp3) is 0.150. The summed E-state index contributed by atoms with van der Waals surface area (Å²) in [7, 11) is 0. The van der Waals surface area contributed by atoms with Gasteiger partial charge in [-0.2, -0.15) is 0 Å². The Kier molecular flexibility index (Phi) is 3.90. The summed E-state index contributed by atoms with van der Waals surface area (Å²) < 4.78 is 0. The number of anilines is 1. The standard InChI is InChI=1S/C20H18N4O/c1-14-17(13-21-19(22-14)16-8-3-2-4-9-16)20(25)23-24-12-11-15-7-5-6-10-18(15)24/h2-10,13H,11-12H2,1H3,(H,23,25). The van der Waals surface area contributed by atoms with Crippen molar-refractivity contribution in [1.82, 2.24) is 15.4 Å². The van der Waals surface area contributed by atoms with Gasteiger partial charge in [-0.3, -0.25) is 15.2 Å². The molecule has 3 aromatic rings. The van der Waals surface area contributed by atoms with Crippen molar-refractivity contribution in [3.8, 4) is 11.4 Å². The summed E-state index contributed by atoms with van der Waals surface area (Å²) in [4.78, 5) is 21.5. The number of aryl methyl sites for hydroxylation is 1. The van der Waals surface area contributed by atoms with E-state index in [2.05, 4.69) is 21.5 Å². The van der Waals surface area contributed by atoms with Crippen molar-refractivity contribution in [2.75, 3.05) is 11.6 Å². The fourth-order valence-corrected chi connectivity index (χ4v) is 3.05. The molecule has 0 spiro atoms. The number of hydrazine groups is 1. The molecule has 0 aliphatic carbocycles. The van der Waals surface area contributed by atoms with Crippen molar-refractivity contribution >= 4 is 11.6 Å². The minimum absolute atomic E-state index is 0.186. The summed E-state index contributed by atoms with van der Waals surface area (Å²) in [6.45, 7) is 2.61. The third-order valence-electron chi connectivity index (χ3n) is 4.38. The number of nitrogens with one attached hydrogen (secondary N) is 1. The lowest BCUT2D eigenvalue weighted by atomic mass is 10.2. The van der Waals surface area contributed by atoms with Gasteiger partial charge in [0.1, 0.15) is 0 Å². The molecule has 0 fully saturated rings. The first-order valence-electron chi connectivity index (χ1n) is 8.28. The monoisotopic (exact) mass is 330 g/mol. The summed E-state index contributed by atoms with van der Waals surface area (Å²) in [5.74, 6) is 0.440. The van der Waals surface area contributed by atoms with Crippen LogP contribution in [0.1, 0.15) is 21.6 Å². The summed E-state index contributed by atoms with van der Waals surface area (Å²) in [5, 5.41) is 1.89. The highest BCUT2D eigenvalue weighted by molar-refractivity contribution is 5.96.